The molecule has 0 aromatic heterocycles. The van der Waals surface area contributed by atoms with Crippen LogP contribution < -0.4 is 10.1 Å². The lowest BCUT2D eigenvalue weighted by molar-refractivity contribution is 0.102. The van der Waals surface area contributed by atoms with Crippen molar-refractivity contribution in [3.05, 3.63) is 59.1 Å². The van der Waals surface area contributed by atoms with Crippen molar-refractivity contribution in [2.24, 2.45) is 0 Å². The van der Waals surface area contributed by atoms with Gasteiger partial charge in [-0.3, -0.25) is 4.79 Å². The number of hydrogen-bond donors (Lipinski definition) is 1. The van der Waals surface area contributed by atoms with Crippen LogP contribution in [0.4, 0.5) is 5.69 Å². The van der Waals surface area contributed by atoms with Crippen LogP contribution in [0.2, 0.25) is 5.02 Å². The maximum Gasteiger partial charge on any atom is 0.255 e. The summed E-state index contributed by atoms with van der Waals surface area (Å²) < 4.78 is 5.38. The predicted octanol–water partition coefficient (Wildman–Crippen LogP) is 3.99. The molecule has 0 radical (unpaired) electrons. The van der Waals surface area contributed by atoms with Crippen molar-refractivity contribution in [1.29, 1.82) is 0 Å². The SMILES string of the molecule is CCOc1cccc(NC(=O)c2cccc(Cl)c2)c1. The molecule has 0 aliphatic carbocycles. The van der Waals surface area contributed by atoms with Crippen LogP contribution >= 0.6 is 11.6 Å². The third-order valence-electron chi connectivity index (χ3n) is 2.49. The molecular weight excluding hydrogens is 262 g/mol. The molecule has 2 aromatic carbocycles. The number of carbonyl (C=O) groups excluding carboxylic acids is 1. The summed E-state index contributed by atoms with van der Waals surface area (Å²) >= 11 is 5.86. The second kappa shape index (κ2) is 6.25. The van der Waals surface area contributed by atoms with Gasteiger partial charge in [-0.1, -0.05) is 23.7 Å². The quantitative estimate of drug-likeness (QED) is 0.916. The molecule has 3 nitrogen and oxygen atoms in total. The van der Waals surface area contributed by atoms with E-state index in [2.05, 4.69) is 5.32 Å². The molecular formula is C15H14ClNO2. The smallest absolute Gasteiger partial charge is 0.255 e. The minimum atomic E-state index is -0.198. The molecule has 19 heavy (non-hydrogen) atoms. The van der Waals surface area contributed by atoms with Crippen molar-refractivity contribution in [3.63, 3.8) is 0 Å². The monoisotopic (exact) mass is 275 g/mol. The Bertz CT molecular complexity index is 584. The van der Waals surface area contributed by atoms with Crippen molar-refractivity contribution >= 4 is 23.2 Å². The minimum absolute atomic E-state index is 0.198. The van der Waals surface area contributed by atoms with Crippen molar-refractivity contribution < 1.29 is 9.53 Å². The van der Waals surface area contributed by atoms with Gasteiger partial charge in [0.1, 0.15) is 5.75 Å². The normalized spacial score (nSPS) is 10.0. The Hall–Kier alpha value is -2.00. The number of rotatable bonds is 4. The summed E-state index contributed by atoms with van der Waals surface area (Å²) in [6.45, 7) is 2.50. The van der Waals surface area contributed by atoms with Gasteiger partial charge in [0.05, 0.1) is 6.61 Å². The van der Waals surface area contributed by atoms with E-state index in [4.69, 9.17) is 16.3 Å². The summed E-state index contributed by atoms with van der Waals surface area (Å²) in [5.74, 6) is 0.530. The van der Waals surface area contributed by atoms with Crippen molar-refractivity contribution in [3.8, 4) is 5.75 Å². The Morgan fingerprint density at radius 1 is 1.21 bits per heavy atom. The molecule has 0 heterocycles. The first kappa shape index (κ1) is 13.4. The Morgan fingerprint density at radius 3 is 2.74 bits per heavy atom. The van der Waals surface area contributed by atoms with Gasteiger partial charge in [-0.05, 0) is 37.3 Å². The number of hydrogen-bond acceptors (Lipinski definition) is 2. The van der Waals surface area contributed by atoms with E-state index in [1.54, 1.807) is 30.3 Å². The van der Waals surface area contributed by atoms with Crippen molar-refractivity contribution in [2.45, 2.75) is 6.92 Å². The Kier molecular flexibility index (Phi) is 4.42. The molecule has 0 spiro atoms. The summed E-state index contributed by atoms with van der Waals surface area (Å²) in [7, 11) is 0. The standard InChI is InChI=1S/C15H14ClNO2/c1-2-19-14-8-4-7-13(10-14)17-15(18)11-5-3-6-12(16)9-11/h3-10H,2H2,1H3,(H,17,18). The first-order valence-corrected chi connectivity index (χ1v) is 6.36. The molecule has 0 saturated heterocycles. The zero-order chi connectivity index (χ0) is 13.7. The van der Waals surface area contributed by atoms with E-state index < -0.39 is 0 Å². The van der Waals surface area contributed by atoms with Gasteiger partial charge < -0.3 is 10.1 Å². The number of benzene rings is 2. The number of amides is 1. The number of ether oxygens (including phenoxy) is 1. The lowest BCUT2D eigenvalue weighted by atomic mass is 10.2. The van der Waals surface area contributed by atoms with Crippen LogP contribution in [0.3, 0.4) is 0 Å². The summed E-state index contributed by atoms with van der Waals surface area (Å²) in [6.07, 6.45) is 0. The molecule has 2 rings (SSSR count). The van der Waals surface area contributed by atoms with Gasteiger partial charge in [0.2, 0.25) is 0 Å². The van der Waals surface area contributed by atoms with Gasteiger partial charge in [0.25, 0.3) is 5.91 Å². The predicted molar refractivity (Wildman–Crippen MR) is 77.0 cm³/mol. The highest BCUT2D eigenvalue weighted by molar-refractivity contribution is 6.31. The highest BCUT2D eigenvalue weighted by Gasteiger charge is 2.06. The first-order chi connectivity index (χ1) is 9.19. The first-order valence-electron chi connectivity index (χ1n) is 5.99. The molecule has 0 aliphatic heterocycles. The number of halogens is 1. The number of nitrogens with one attached hydrogen (secondary N) is 1. The molecule has 0 saturated carbocycles. The molecule has 0 aliphatic rings. The van der Waals surface area contributed by atoms with Crippen LogP contribution in [0.15, 0.2) is 48.5 Å². The fourth-order valence-electron chi connectivity index (χ4n) is 1.66. The van der Waals surface area contributed by atoms with Gasteiger partial charge >= 0.3 is 0 Å². The van der Waals surface area contributed by atoms with Gasteiger partial charge in [-0.25, -0.2) is 0 Å². The Labute approximate surface area is 117 Å². The topological polar surface area (TPSA) is 38.3 Å². The summed E-state index contributed by atoms with van der Waals surface area (Å²) in [5, 5.41) is 3.34. The maximum absolute atomic E-state index is 12.0. The van der Waals surface area contributed by atoms with Gasteiger partial charge in [-0.2, -0.15) is 0 Å². The van der Waals surface area contributed by atoms with E-state index in [0.29, 0.717) is 22.9 Å². The van der Waals surface area contributed by atoms with Crippen molar-refractivity contribution in [2.75, 3.05) is 11.9 Å². The van der Waals surface area contributed by atoms with Gasteiger partial charge in [0.15, 0.2) is 0 Å². The summed E-state index contributed by atoms with van der Waals surface area (Å²) in [4.78, 5) is 12.0. The summed E-state index contributed by atoms with van der Waals surface area (Å²) in [5.41, 5.74) is 1.21. The van der Waals surface area contributed by atoms with Gasteiger partial charge in [0, 0.05) is 22.3 Å². The molecule has 0 unspecified atom stereocenters. The lowest BCUT2D eigenvalue weighted by Gasteiger charge is -2.08. The zero-order valence-corrected chi connectivity index (χ0v) is 11.3. The number of anilines is 1. The molecule has 1 N–H and O–H groups in total. The third kappa shape index (κ3) is 3.73. The molecule has 0 fully saturated rings. The van der Waals surface area contributed by atoms with E-state index in [9.17, 15) is 4.79 Å². The second-order valence-corrected chi connectivity index (χ2v) is 4.36. The van der Waals surface area contributed by atoms with Crippen LogP contribution in [-0.2, 0) is 0 Å². The molecule has 4 heteroatoms. The largest absolute Gasteiger partial charge is 0.494 e. The second-order valence-electron chi connectivity index (χ2n) is 3.93. The minimum Gasteiger partial charge on any atom is -0.494 e. The maximum atomic E-state index is 12.0. The van der Waals surface area contributed by atoms with E-state index >= 15 is 0 Å². The Balaban J connectivity index is 2.12. The zero-order valence-electron chi connectivity index (χ0n) is 10.5. The molecule has 0 atom stereocenters. The van der Waals surface area contributed by atoms with Crippen LogP contribution in [0.5, 0.6) is 5.75 Å². The van der Waals surface area contributed by atoms with E-state index in [-0.39, 0.29) is 5.91 Å². The number of carbonyl (C=O) groups is 1. The fraction of sp³-hybridized carbons (Fsp3) is 0.133. The highest BCUT2D eigenvalue weighted by Crippen LogP contribution is 2.18. The lowest BCUT2D eigenvalue weighted by Crippen LogP contribution is -2.11. The fourth-order valence-corrected chi connectivity index (χ4v) is 1.85. The summed E-state index contributed by atoms with van der Waals surface area (Å²) in [6, 6.07) is 14.1. The van der Waals surface area contributed by atoms with E-state index in [1.165, 1.54) is 0 Å². The van der Waals surface area contributed by atoms with Crippen LogP contribution in [0, 0.1) is 0 Å². The molecule has 98 valence electrons. The molecule has 2 aromatic rings. The average molecular weight is 276 g/mol. The average Bonchev–Trinajstić information content (AvgIpc) is 2.39. The van der Waals surface area contributed by atoms with Crippen molar-refractivity contribution in [1.82, 2.24) is 0 Å². The molecule has 0 bridgehead atoms. The van der Waals surface area contributed by atoms with Crippen LogP contribution in [-0.4, -0.2) is 12.5 Å². The third-order valence-corrected chi connectivity index (χ3v) is 2.72. The van der Waals surface area contributed by atoms with Crippen LogP contribution in [0.25, 0.3) is 0 Å². The van der Waals surface area contributed by atoms with E-state index in [0.717, 1.165) is 5.75 Å². The van der Waals surface area contributed by atoms with Crippen LogP contribution in [0.1, 0.15) is 17.3 Å². The van der Waals surface area contributed by atoms with E-state index in [1.807, 2.05) is 25.1 Å². The molecule has 1 amide bonds. The Morgan fingerprint density at radius 2 is 2.00 bits per heavy atom. The van der Waals surface area contributed by atoms with Gasteiger partial charge in [-0.15, -0.1) is 0 Å². The highest BCUT2D eigenvalue weighted by atomic mass is 35.5.